The molecule has 0 heterocycles. The zero-order valence-electron chi connectivity index (χ0n) is 9.43. The first-order valence-corrected chi connectivity index (χ1v) is 7.37. The topological polar surface area (TPSA) is 29.1 Å². The van der Waals surface area contributed by atoms with Gasteiger partial charge in [0.15, 0.2) is 0 Å². The van der Waals surface area contributed by atoms with Crippen molar-refractivity contribution >= 4 is 33.6 Å². The number of halogens is 2. The Kier molecular flexibility index (Phi) is 3.78. The minimum atomic E-state index is -0.413. The standard InChI is InChI=1S/C12H13BrFNOS/c1-17-12(5-6-12)7-15-11(16)8-3-2-4-9(14)10(8)13/h2-4H,5-7H2,1H3,(H,15,16). The highest BCUT2D eigenvalue weighted by molar-refractivity contribution is 9.10. The van der Waals surface area contributed by atoms with E-state index in [2.05, 4.69) is 27.5 Å². The molecular weight excluding hydrogens is 305 g/mol. The third-order valence-electron chi connectivity index (χ3n) is 3.01. The molecule has 0 saturated heterocycles. The summed E-state index contributed by atoms with van der Waals surface area (Å²) in [5.74, 6) is -0.639. The van der Waals surface area contributed by atoms with E-state index in [-0.39, 0.29) is 15.1 Å². The van der Waals surface area contributed by atoms with Crippen molar-refractivity contribution < 1.29 is 9.18 Å². The Hall–Kier alpha value is -0.550. The maximum atomic E-state index is 13.3. The van der Waals surface area contributed by atoms with E-state index in [0.717, 1.165) is 12.8 Å². The molecule has 0 aromatic heterocycles. The van der Waals surface area contributed by atoms with E-state index in [9.17, 15) is 9.18 Å². The number of nitrogens with one attached hydrogen (secondary N) is 1. The molecule has 2 rings (SSSR count). The van der Waals surface area contributed by atoms with Gasteiger partial charge in [-0.2, -0.15) is 11.8 Å². The van der Waals surface area contributed by atoms with Gasteiger partial charge in [0.2, 0.25) is 0 Å². The number of carbonyl (C=O) groups excluding carboxylic acids is 1. The fraction of sp³-hybridized carbons (Fsp3) is 0.417. The maximum Gasteiger partial charge on any atom is 0.252 e. The van der Waals surface area contributed by atoms with Gasteiger partial charge in [-0.15, -0.1) is 0 Å². The lowest BCUT2D eigenvalue weighted by Gasteiger charge is -2.13. The molecule has 0 bridgehead atoms. The maximum absolute atomic E-state index is 13.3. The first-order chi connectivity index (χ1) is 8.08. The highest BCUT2D eigenvalue weighted by Crippen LogP contribution is 2.46. The Morgan fingerprint density at radius 1 is 1.59 bits per heavy atom. The van der Waals surface area contributed by atoms with Gasteiger partial charge in [0.1, 0.15) is 5.82 Å². The molecule has 0 radical (unpaired) electrons. The fourth-order valence-electron chi connectivity index (χ4n) is 1.61. The average molecular weight is 318 g/mol. The molecule has 0 atom stereocenters. The van der Waals surface area contributed by atoms with Crippen LogP contribution in [0.2, 0.25) is 0 Å². The lowest BCUT2D eigenvalue weighted by molar-refractivity contribution is 0.0951. The average Bonchev–Trinajstić information content (AvgIpc) is 3.10. The fourth-order valence-corrected chi connectivity index (χ4v) is 2.78. The number of amides is 1. The quantitative estimate of drug-likeness (QED) is 0.923. The van der Waals surface area contributed by atoms with Gasteiger partial charge in [-0.3, -0.25) is 4.79 Å². The van der Waals surface area contributed by atoms with Crippen molar-refractivity contribution in [2.45, 2.75) is 17.6 Å². The molecule has 0 spiro atoms. The second kappa shape index (κ2) is 4.98. The lowest BCUT2D eigenvalue weighted by Crippen LogP contribution is -2.31. The predicted octanol–water partition coefficient (Wildman–Crippen LogP) is 3.21. The molecule has 1 aliphatic carbocycles. The van der Waals surface area contributed by atoms with Crippen LogP contribution in [0.5, 0.6) is 0 Å². The van der Waals surface area contributed by atoms with Crippen molar-refractivity contribution in [2.75, 3.05) is 12.8 Å². The smallest absolute Gasteiger partial charge is 0.252 e. The summed E-state index contributed by atoms with van der Waals surface area (Å²) < 4.78 is 13.7. The monoisotopic (exact) mass is 317 g/mol. The van der Waals surface area contributed by atoms with Crippen LogP contribution in [0.1, 0.15) is 23.2 Å². The summed E-state index contributed by atoms with van der Waals surface area (Å²) in [5, 5.41) is 2.86. The molecule has 1 aromatic rings. The summed E-state index contributed by atoms with van der Waals surface area (Å²) in [6.07, 6.45) is 4.33. The molecule has 17 heavy (non-hydrogen) atoms. The van der Waals surface area contributed by atoms with Crippen LogP contribution in [0.15, 0.2) is 22.7 Å². The van der Waals surface area contributed by atoms with E-state index in [1.165, 1.54) is 12.1 Å². The van der Waals surface area contributed by atoms with Gasteiger partial charge in [0.25, 0.3) is 5.91 Å². The summed E-state index contributed by atoms with van der Waals surface area (Å²) in [4.78, 5) is 11.9. The molecule has 1 aromatic carbocycles. The molecule has 0 unspecified atom stereocenters. The van der Waals surface area contributed by atoms with Gasteiger partial charge < -0.3 is 5.32 Å². The van der Waals surface area contributed by atoms with Crippen molar-refractivity contribution in [3.05, 3.63) is 34.1 Å². The van der Waals surface area contributed by atoms with Crippen molar-refractivity contribution in [3.8, 4) is 0 Å². The zero-order valence-corrected chi connectivity index (χ0v) is 11.8. The van der Waals surface area contributed by atoms with Crippen LogP contribution in [-0.2, 0) is 0 Å². The van der Waals surface area contributed by atoms with Crippen molar-refractivity contribution in [1.82, 2.24) is 5.32 Å². The van der Waals surface area contributed by atoms with Crippen LogP contribution >= 0.6 is 27.7 Å². The number of carbonyl (C=O) groups is 1. The second-order valence-electron chi connectivity index (χ2n) is 4.17. The van der Waals surface area contributed by atoms with Crippen LogP contribution < -0.4 is 5.32 Å². The van der Waals surface area contributed by atoms with Gasteiger partial charge in [0.05, 0.1) is 10.0 Å². The van der Waals surface area contributed by atoms with Crippen LogP contribution in [0.4, 0.5) is 4.39 Å². The minimum absolute atomic E-state index is 0.218. The normalized spacial score (nSPS) is 16.6. The van der Waals surface area contributed by atoms with Crippen LogP contribution in [0, 0.1) is 5.82 Å². The summed E-state index contributed by atoms with van der Waals surface area (Å²) in [7, 11) is 0. The van der Waals surface area contributed by atoms with Gasteiger partial charge in [0, 0.05) is 11.3 Å². The Labute approximate surface area is 112 Å². The Morgan fingerprint density at radius 3 is 2.88 bits per heavy atom. The first-order valence-electron chi connectivity index (χ1n) is 5.35. The third-order valence-corrected chi connectivity index (χ3v) is 5.23. The third kappa shape index (κ3) is 2.83. The van der Waals surface area contributed by atoms with E-state index in [0.29, 0.717) is 12.1 Å². The molecular formula is C12H13BrFNOS. The predicted molar refractivity (Wildman–Crippen MR) is 71.9 cm³/mol. The minimum Gasteiger partial charge on any atom is -0.351 e. The van der Waals surface area contributed by atoms with Crippen LogP contribution in [-0.4, -0.2) is 23.5 Å². The molecule has 1 amide bonds. The van der Waals surface area contributed by atoms with Crippen molar-refractivity contribution in [1.29, 1.82) is 0 Å². The first kappa shape index (κ1) is 12.9. The molecule has 5 heteroatoms. The highest BCUT2D eigenvalue weighted by Gasteiger charge is 2.42. The second-order valence-corrected chi connectivity index (χ2v) is 6.24. The number of rotatable bonds is 4. The molecule has 1 saturated carbocycles. The van der Waals surface area contributed by atoms with E-state index in [1.807, 2.05) is 0 Å². The lowest BCUT2D eigenvalue weighted by atomic mass is 10.2. The zero-order chi connectivity index (χ0) is 12.5. The molecule has 1 aliphatic rings. The van der Waals surface area contributed by atoms with Crippen LogP contribution in [0.3, 0.4) is 0 Å². The van der Waals surface area contributed by atoms with Gasteiger partial charge in [-0.25, -0.2) is 4.39 Å². The summed E-state index contributed by atoms with van der Waals surface area (Å²) in [6.45, 7) is 0.649. The Morgan fingerprint density at radius 2 is 2.29 bits per heavy atom. The Balaban J connectivity index is 2.02. The number of thioether (sulfide) groups is 1. The van der Waals surface area contributed by atoms with Crippen molar-refractivity contribution in [2.24, 2.45) is 0 Å². The van der Waals surface area contributed by atoms with Gasteiger partial charge >= 0.3 is 0 Å². The SMILES string of the molecule is CSC1(CNC(=O)c2cccc(F)c2Br)CC1. The highest BCUT2D eigenvalue weighted by atomic mass is 79.9. The number of hydrogen-bond donors (Lipinski definition) is 1. The summed E-state index contributed by atoms with van der Waals surface area (Å²) in [5.41, 5.74) is 0.349. The van der Waals surface area contributed by atoms with Gasteiger partial charge in [-0.1, -0.05) is 6.07 Å². The molecule has 1 N–H and O–H groups in total. The summed E-state index contributed by atoms with van der Waals surface area (Å²) >= 11 is 4.88. The number of benzene rings is 1. The van der Waals surface area contributed by atoms with Gasteiger partial charge in [-0.05, 0) is 47.2 Å². The van der Waals surface area contributed by atoms with Crippen LogP contribution in [0.25, 0.3) is 0 Å². The number of hydrogen-bond acceptors (Lipinski definition) is 2. The molecule has 0 aliphatic heterocycles. The van der Waals surface area contributed by atoms with E-state index >= 15 is 0 Å². The van der Waals surface area contributed by atoms with E-state index in [1.54, 1.807) is 17.8 Å². The van der Waals surface area contributed by atoms with E-state index < -0.39 is 5.82 Å². The molecule has 2 nitrogen and oxygen atoms in total. The Bertz CT molecular complexity index is 448. The summed E-state index contributed by atoms with van der Waals surface area (Å²) in [6, 6.07) is 4.47. The molecule has 92 valence electrons. The van der Waals surface area contributed by atoms with Crippen molar-refractivity contribution in [3.63, 3.8) is 0 Å². The largest absolute Gasteiger partial charge is 0.351 e. The van der Waals surface area contributed by atoms with E-state index in [4.69, 9.17) is 0 Å². The molecule has 1 fully saturated rings.